The van der Waals surface area contributed by atoms with E-state index in [1.165, 1.54) is 12.6 Å². The maximum atomic E-state index is 12.3. The van der Waals surface area contributed by atoms with Crippen LogP contribution in [-0.2, 0) is 10.0 Å². The number of rotatable bonds is 5. The topological polar surface area (TPSA) is 71.1 Å². The lowest BCUT2D eigenvalue weighted by Crippen LogP contribution is -2.40. The van der Waals surface area contributed by atoms with Gasteiger partial charge in [-0.1, -0.05) is 6.42 Å². The third-order valence-corrected chi connectivity index (χ3v) is 5.13. The Morgan fingerprint density at radius 3 is 2.72 bits per heavy atom. The van der Waals surface area contributed by atoms with E-state index in [0.29, 0.717) is 11.6 Å². The molecule has 1 fully saturated rings. The van der Waals surface area contributed by atoms with Crippen LogP contribution in [0, 0.1) is 5.92 Å². The van der Waals surface area contributed by atoms with Crippen LogP contribution in [0.5, 0.6) is 0 Å². The zero-order valence-electron chi connectivity index (χ0n) is 10.7. The number of pyridine rings is 1. The molecule has 6 heteroatoms. The average Bonchev–Trinajstić information content (AvgIpc) is 2.25. The van der Waals surface area contributed by atoms with Gasteiger partial charge < -0.3 is 5.32 Å². The summed E-state index contributed by atoms with van der Waals surface area (Å²) in [5, 5.41) is 2.87. The highest BCUT2D eigenvalue weighted by molar-refractivity contribution is 7.89. The van der Waals surface area contributed by atoms with Crippen molar-refractivity contribution in [2.45, 2.75) is 37.1 Å². The third kappa shape index (κ3) is 2.64. The standard InChI is InChI=1S/C12H19N3O2S/c1-9(10-4-3-5-10)15-18(16,17)12-8-14-7-6-11(12)13-2/h6-10,15H,3-5H2,1-2H3,(H,13,14). The Kier molecular flexibility index (Phi) is 3.87. The maximum Gasteiger partial charge on any atom is 0.244 e. The second-order valence-corrected chi connectivity index (χ2v) is 6.41. The van der Waals surface area contributed by atoms with Gasteiger partial charge in [-0.2, -0.15) is 0 Å². The summed E-state index contributed by atoms with van der Waals surface area (Å²) in [6, 6.07) is 1.64. The molecule has 1 heterocycles. The highest BCUT2D eigenvalue weighted by Crippen LogP contribution is 2.30. The molecule has 1 aromatic rings. The predicted molar refractivity (Wildman–Crippen MR) is 70.9 cm³/mol. The molecule has 18 heavy (non-hydrogen) atoms. The Hall–Kier alpha value is -1.14. The van der Waals surface area contributed by atoms with Gasteiger partial charge in [-0.3, -0.25) is 4.98 Å². The molecule has 2 rings (SSSR count). The molecule has 0 radical (unpaired) electrons. The zero-order chi connectivity index (χ0) is 13.2. The molecule has 1 aliphatic rings. The monoisotopic (exact) mass is 269 g/mol. The summed E-state index contributed by atoms with van der Waals surface area (Å²) in [5.41, 5.74) is 0.568. The number of anilines is 1. The molecule has 0 spiro atoms. The van der Waals surface area contributed by atoms with Crippen LogP contribution in [0.4, 0.5) is 5.69 Å². The Morgan fingerprint density at radius 2 is 2.17 bits per heavy atom. The molecule has 100 valence electrons. The molecule has 0 saturated heterocycles. The van der Waals surface area contributed by atoms with E-state index in [2.05, 4.69) is 15.0 Å². The molecule has 0 amide bonds. The summed E-state index contributed by atoms with van der Waals surface area (Å²) in [6.07, 6.45) is 6.36. The third-order valence-electron chi connectivity index (χ3n) is 3.54. The van der Waals surface area contributed by atoms with Crippen LogP contribution < -0.4 is 10.0 Å². The van der Waals surface area contributed by atoms with Crippen LogP contribution in [0.2, 0.25) is 0 Å². The van der Waals surface area contributed by atoms with Crippen molar-refractivity contribution in [3.8, 4) is 0 Å². The fraction of sp³-hybridized carbons (Fsp3) is 0.583. The summed E-state index contributed by atoms with van der Waals surface area (Å²) in [7, 11) is -1.80. The molecule has 0 aromatic carbocycles. The Balaban J connectivity index is 2.19. The van der Waals surface area contributed by atoms with Crippen molar-refractivity contribution in [3.63, 3.8) is 0 Å². The summed E-state index contributed by atoms with van der Waals surface area (Å²) < 4.78 is 27.3. The van der Waals surface area contributed by atoms with Gasteiger partial charge in [0.2, 0.25) is 10.0 Å². The zero-order valence-corrected chi connectivity index (χ0v) is 11.5. The van der Waals surface area contributed by atoms with Crippen LogP contribution in [0.3, 0.4) is 0 Å². The Bertz CT molecular complexity index is 512. The number of nitrogens with zero attached hydrogens (tertiary/aromatic N) is 1. The molecule has 1 aliphatic carbocycles. The summed E-state index contributed by atoms with van der Waals surface area (Å²) in [5.74, 6) is 0.467. The molecule has 1 saturated carbocycles. The first-order valence-corrected chi connectivity index (χ1v) is 7.67. The number of nitrogens with one attached hydrogen (secondary N) is 2. The lowest BCUT2D eigenvalue weighted by molar-refractivity contribution is 0.260. The Morgan fingerprint density at radius 1 is 1.44 bits per heavy atom. The van der Waals surface area contributed by atoms with Crippen molar-refractivity contribution < 1.29 is 8.42 Å². The van der Waals surface area contributed by atoms with Gasteiger partial charge in [0.05, 0.1) is 5.69 Å². The molecule has 1 atom stereocenters. The van der Waals surface area contributed by atoms with E-state index in [1.54, 1.807) is 19.3 Å². The molecule has 0 aliphatic heterocycles. The predicted octanol–water partition coefficient (Wildman–Crippen LogP) is 1.59. The van der Waals surface area contributed by atoms with Crippen LogP contribution in [0.15, 0.2) is 23.4 Å². The van der Waals surface area contributed by atoms with Gasteiger partial charge in [0, 0.05) is 25.5 Å². The molecular weight excluding hydrogens is 250 g/mol. The van der Waals surface area contributed by atoms with Crippen molar-refractivity contribution in [2.24, 2.45) is 5.92 Å². The second kappa shape index (κ2) is 5.24. The van der Waals surface area contributed by atoms with E-state index >= 15 is 0 Å². The van der Waals surface area contributed by atoms with Gasteiger partial charge >= 0.3 is 0 Å². The summed E-state index contributed by atoms with van der Waals surface area (Å²) in [4.78, 5) is 4.09. The first kappa shape index (κ1) is 13.3. The second-order valence-electron chi connectivity index (χ2n) is 4.72. The maximum absolute atomic E-state index is 12.3. The number of hydrogen-bond acceptors (Lipinski definition) is 4. The smallest absolute Gasteiger partial charge is 0.244 e. The molecule has 1 unspecified atom stereocenters. The fourth-order valence-corrected chi connectivity index (χ4v) is 3.61. The lowest BCUT2D eigenvalue weighted by atomic mass is 9.81. The highest BCUT2D eigenvalue weighted by atomic mass is 32.2. The van der Waals surface area contributed by atoms with Crippen molar-refractivity contribution in [1.82, 2.24) is 9.71 Å². The fourth-order valence-electron chi connectivity index (χ4n) is 2.14. The molecular formula is C12H19N3O2S. The number of hydrogen-bond donors (Lipinski definition) is 2. The summed E-state index contributed by atoms with van der Waals surface area (Å²) in [6.45, 7) is 1.93. The molecule has 2 N–H and O–H groups in total. The molecule has 1 aromatic heterocycles. The first-order chi connectivity index (χ1) is 8.54. The Labute approximate surface area is 108 Å². The van der Waals surface area contributed by atoms with E-state index in [-0.39, 0.29) is 10.9 Å². The van der Waals surface area contributed by atoms with Crippen LogP contribution in [0.1, 0.15) is 26.2 Å². The minimum Gasteiger partial charge on any atom is -0.387 e. The van der Waals surface area contributed by atoms with Crippen LogP contribution >= 0.6 is 0 Å². The van der Waals surface area contributed by atoms with Crippen LogP contribution in [-0.4, -0.2) is 26.5 Å². The SMILES string of the molecule is CNc1ccncc1S(=O)(=O)NC(C)C1CCC1. The number of aromatic nitrogens is 1. The first-order valence-electron chi connectivity index (χ1n) is 6.18. The van der Waals surface area contributed by atoms with Crippen LogP contribution in [0.25, 0.3) is 0 Å². The van der Waals surface area contributed by atoms with Crippen molar-refractivity contribution in [2.75, 3.05) is 12.4 Å². The van der Waals surface area contributed by atoms with Gasteiger partial charge in [-0.25, -0.2) is 13.1 Å². The largest absolute Gasteiger partial charge is 0.387 e. The lowest BCUT2D eigenvalue weighted by Gasteiger charge is -2.31. The number of sulfonamides is 1. The minimum absolute atomic E-state index is 0.0198. The van der Waals surface area contributed by atoms with Crippen molar-refractivity contribution in [1.29, 1.82) is 0 Å². The van der Waals surface area contributed by atoms with Gasteiger partial charge in [0.1, 0.15) is 4.90 Å². The quantitative estimate of drug-likeness (QED) is 0.851. The van der Waals surface area contributed by atoms with Crippen molar-refractivity contribution in [3.05, 3.63) is 18.5 Å². The molecule has 5 nitrogen and oxygen atoms in total. The minimum atomic E-state index is -3.50. The van der Waals surface area contributed by atoms with E-state index < -0.39 is 10.0 Å². The van der Waals surface area contributed by atoms with E-state index in [4.69, 9.17) is 0 Å². The van der Waals surface area contributed by atoms with Gasteiger partial charge in [0.15, 0.2) is 0 Å². The van der Waals surface area contributed by atoms with Gasteiger partial charge in [-0.05, 0) is 31.7 Å². The highest BCUT2D eigenvalue weighted by Gasteiger charge is 2.28. The van der Waals surface area contributed by atoms with E-state index in [9.17, 15) is 8.42 Å². The normalized spacial score (nSPS) is 18.1. The van der Waals surface area contributed by atoms with Gasteiger partial charge in [-0.15, -0.1) is 0 Å². The average molecular weight is 269 g/mol. The van der Waals surface area contributed by atoms with Crippen molar-refractivity contribution >= 4 is 15.7 Å². The van der Waals surface area contributed by atoms with E-state index in [0.717, 1.165) is 12.8 Å². The summed E-state index contributed by atoms with van der Waals surface area (Å²) >= 11 is 0. The van der Waals surface area contributed by atoms with Gasteiger partial charge in [0.25, 0.3) is 0 Å². The van der Waals surface area contributed by atoms with E-state index in [1.807, 2.05) is 6.92 Å². The molecule has 0 bridgehead atoms.